The maximum atomic E-state index is 11.3. The van der Waals surface area contributed by atoms with E-state index in [-0.39, 0.29) is 5.56 Å². The Bertz CT molecular complexity index is 623. The van der Waals surface area contributed by atoms with Crippen LogP contribution < -0.4 is 4.90 Å². The van der Waals surface area contributed by atoms with E-state index in [1.54, 1.807) is 6.07 Å². The summed E-state index contributed by atoms with van der Waals surface area (Å²) in [6, 6.07) is 9.71. The fourth-order valence-corrected chi connectivity index (χ4v) is 1.96. The summed E-state index contributed by atoms with van der Waals surface area (Å²) in [5.41, 5.74) is 3.72. The molecule has 0 amide bonds. The molecule has 1 heterocycles. The standard InChI is InChI=1S/C15H16N2O2/c1-10-5-4-6-12(7-10)17(3)14-8-11(2)16-9-13(14)15(18)19/h4-9H,1-3H3,(H,18,19). The van der Waals surface area contributed by atoms with Crippen LogP contribution in [0.4, 0.5) is 11.4 Å². The van der Waals surface area contributed by atoms with Crippen LogP contribution in [0.15, 0.2) is 36.5 Å². The molecule has 1 N–H and O–H groups in total. The fraction of sp³-hybridized carbons (Fsp3) is 0.200. The molecule has 2 rings (SSSR count). The number of aromatic carboxylic acids is 1. The Morgan fingerprint density at radius 1 is 1.26 bits per heavy atom. The molecular weight excluding hydrogens is 240 g/mol. The number of nitrogens with zero attached hydrogens (tertiary/aromatic N) is 2. The van der Waals surface area contributed by atoms with Crippen LogP contribution in [0.25, 0.3) is 0 Å². The largest absolute Gasteiger partial charge is 0.478 e. The summed E-state index contributed by atoms with van der Waals surface area (Å²) in [7, 11) is 1.86. The van der Waals surface area contributed by atoms with Crippen LogP contribution >= 0.6 is 0 Å². The van der Waals surface area contributed by atoms with E-state index in [0.29, 0.717) is 5.69 Å². The molecule has 0 saturated carbocycles. The second kappa shape index (κ2) is 5.10. The number of hydrogen-bond acceptors (Lipinski definition) is 3. The maximum absolute atomic E-state index is 11.3. The van der Waals surface area contributed by atoms with Gasteiger partial charge in [0.1, 0.15) is 5.56 Å². The summed E-state index contributed by atoms with van der Waals surface area (Å²) in [6.07, 6.45) is 1.40. The highest BCUT2D eigenvalue weighted by Gasteiger charge is 2.15. The zero-order valence-electron chi connectivity index (χ0n) is 11.2. The smallest absolute Gasteiger partial charge is 0.339 e. The van der Waals surface area contributed by atoms with Gasteiger partial charge in [-0.3, -0.25) is 4.98 Å². The molecule has 0 unspecified atom stereocenters. The van der Waals surface area contributed by atoms with E-state index in [1.165, 1.54) is 6.20 Å². The lowest BCUT2D eigenvalue weighted by atomic mass is 10.1. The van der Waals surface area contributed by atoms with Crippen LogP contribution in [0, 0.1) is 13.8 Å². The van der Waals surface area contributed by atoms with Crippen molar-refractivity contribution in [2.45, 2.75) is 13.8 Å². The van der Waals surface area contributed by atoms with Gasteiger partial charge in [-0.25, -0.2) is 4.79 Å². The van der Waals surface area contributed by atoms with Crippen molar-refractivity contribution in [1.82, 2.24) is 4.98 Å². The SMILES string of the molecule is Cc1cccc(N(C)c2cc(C)ncc2C(=O)O)c1. The van der Waals surface area contributed by atoms with E-state index < -0.39 is 5.97 Å². The number of carboxylic acids is 1. The summed E-state index contributed by atoms with van der Waals surface area (Å²) in [6.45, 7) is 3.85. The lowest BCUT2D eigenvalue weighted by Gasteiger charge is -2.22. The van der Waals surface area contributed by atoms with Crippen LogP contribution in [0.2, 0.25) is 0 Å². The summed E-state index contributed by atoms with van der Waals surface area (Å²) >= 11 is 0. The second-order valence-corrected chi connectivity index (χ2v) is 4.55. The fourth-order valence-electron chi connectivity index (χ4n) is 1.96. The monoisotopic (exact) mass is 256 g/mol. The number of hydrogen-bond donors (Lipinski definition) is 1. The molecule has 0 bridgehead atoms. The number of rotatable bonds is 3. The van der Waals surface area contributed by atoms with Gasteiger partial charge in [0.25, 0.3) is 0 Å². The third-order valence-corrected chi connectivity index (χ3v) is 3.00. The van der Waals surface area contributed by atoms with Crippen molar-refractivity contribution in [2.75, 3.05) is 11.9 Å². The molecule has 2 aromatic rings. The normalized spacial score (nSPS) is 10.3. The number of aromatic nitrogens is 1. The van der Waals surface area contributed by atoms with Gasteiger partial charge in [-0.05, 0) is 37.6 Å². The first-order chi connectivity index (χ1) is 8.99. The lowest BCUT2D eigenvalue weighted by molar-refractivity contribution is 0.0697. The van der Waals surface area contributed by atoms with E-state index in [2.05, 4.69) is 4.98 Å². The number of anilines is 2. The summed E-state index contributed by atoms with van der Waals surface area (Å²) in [5, 5.41) is 9.24. The molecule has 0 saturated heterocycles. The molecule has 0 atom stereocenters. The maximum Gasteiger partial charge on any atom is 0.339 e. The van der Waals surface area contributed by atoms with Gasteiger partial charge in [0, 0.05) is 24.6 Å². The predicted molar refractivity (Wildman–Crippen MR) is 75.2 cm³/mol. The highest BCUT2D eigenvalue weighted by molar-refractivity contribution is 5.95. The van der Waals surface area contributed by atoms with E-state index >= 15 is 0 Å². The average Bonchev–Trinajstić information content (AvgIpc) is 2.37. The van der Waals surface area contributed by atoms with E-state index in [0.717, 1.165) is 16.9 Å². The minimum Gasteiger partial charge on any atom is -0.478 e. The van der Waals surface area contributed by atoms with Gasteiger partial charge < -0.3 is 10.0 Å². The summed E-state index contributed by atoms with van der Waals surface area (Å²) < 4.78 is 0. The Kier molecular flexibility index (Phi) is 3.51. The number of benzene rings is 1. The van der Waals surface area contributed by atoms with Gasteiger partial charge in [-0.2, -0.15) is 0 Å². The molecule has 1 aromatic heterocycles. The van der Waals surface area contributed by atoms with Crippen molar-refractivity contribution in [1.29, 1.82) is 0 Å². The second-order valence-electron chi connectivity index (χ2n) is 4.55. The Balaban J connectivity index is 2.51. The highest BCUT2D eigenvalue weighted by atomic mass is 16.4. The molecule has 0 spiro atoms. The summed E-state index contributed by atoms with van der Waals surface area (Å²) in [4.78, 5) is 17.2. The zero-order chi connectivity index (χ0) is 14.0. The third kappa shape index (κ3) is 2.73. The van der Waals surface area contributed by atoms with Gasteiger partial charge in [-0.15, -0.1) is 0 Å². The molecule has 19 heavy (non-hydrogen) atoms. The highest BCUT2D eigenvalue weighted by Crippen LogP contribution is 2.27. The zero-order valence-corrected chi connectivity index (χ0v) is 11.2. The van der Waals surface area contributed by atoms with E-state index in [1.807, 2.05) is 50.1 Å². The first kappa shape index (κ1) is 13.1. The molecule has 0 fully saturated rings. The number of carbonyl (C=O) groups is 1. The lowest BCUT2D eigenvalue weighted by Crippen LogP contribution is -2.15. The van der Waals surface area contributed by atoms with Crippen molar-refractivity contribution < 1.29 is 9.90 Å². The van der Waals surface area contributed by atoms with Gasteiger partial charge in [0.15, 0.2) is 0 Å². The Morgan fingerprint density at radius 3 is 2.63 bits per heavy atom. The third-order valence-electron chi connectivity index (χ3n) is 3.00. The number of pyridine rings is 1. The van der Waals surface area contributed by atoms with Gasteiger partial charge in [0.2, 0.25) is 0 Å². The molecule has 0 radical (unpaired) electrons. The van der Waals surface area contributed by atoms with E-state index in [4.69, 9.17) is 0 Å². The molecule has 0 aliphatic heterocycles. The predicted octanol–water partition coefficient (Wildman–Crippen LogP) is 3.16. The van der Waals surface area contributed by atoms with Crippen LogP contribution in [0.5, 0.6) is 0 Å². The molecule has 4 heteroatoms. The molecule has 1 aromatic carbocycles. The Morgan fingerprint density at radius 2 is 2.00 bits per heavy atom. The quantitative estimate of drug-likeness (QED) is 0.916. The Labute approximate surface area is 112 Å². The molecular formula is C15H16N2O2. The van der Waals surface area contributed by atoms with Crippen LogP contribution in [0.1, 0.15) is 21.6 Å². The molecule has 0 aliphatic rings. The van der Waals surface area contributed by atoms with E-state index in [9.17, 15) is 9.90 Å². The first-order valence-electron chi connectivity index (χ1n) is 5.99. The van der Waals surface area contributed by atoms with Gasteiger partial charge in [-0.1, -0.05) is 12.1 Å². The number of aryl methyl sites for hydroxylation is 2. The molecule has 4 nitrogen and oxygen atoms in total. The molecule has 98 valence electrons. The van der Waals surface area contributed by atoms with Crippen molar-refractivity contribution in [3.8, 4) is 0 Å². The average molecular weight is 256 g/mol. The van der Waals surface area contributed by atoms with Crippen molar-refractivity contribution in [3.63, 3.8) is 0 Å². The number of carboxylic acid groups (broad SMARTS) is 1. The van der Waals surface area contributed by atoms with Crippen LogP contribution in [-0.4, -0.2) is 23.1 Å². The molecule has 0 aliphatic carbocycles. The van der Waals surface area contributed by atoms with Crippen molar-refractivity contribution >= 4 is 17.3 Å². The van der Waals surface area contributed by atoms with Crippen molar-refractivity contribution in [2.24, 2.45) is 0 Å². The minimum absolute atomic E-state index is 0.203. The first-order valence-corrected chi connectivity index (χ1v) is 5.99. The topological polar surface area (TPSA) is 53.4 Å². The van der Waals surface area contributed by atoms with Gasteiger partial charge >= 0.3 is 5.97 Å². The Hall–Kier alpha value is -2.36. The van der Waals surface area contributed by atoms with Crippen LogP contribution in [0.3, 0.4) is 0 Å². The van der Waals surface area contributed by atoms with Crippen LogP contribution in [-0.2, 0) is 0 Å². The van der Waals surface area contributed by atoms with Crippen molar-refractivity contribution in [3.05, 3.63) is 53.3 Å². The van der Waals surface area contributed by atoms with Gasteiger partial charge in [0.05, 0.1) is 5.69 Å². The summed E-state index contributed by atoms with van der Waals surface area (Å²) in [5.74, 6) is -0.970. The minimum atomic E-state index is -0.970.